The summed E-state index contributed by atoms with van der Waals surface area (Å²) in [6, 6.07) is -0.619. The third-order valence-corrected chi connectivity index (χ3v) is 10.5. The molecule has 0 saturated carbocycles. The van der Waals surface area contributed by atoms with Gasteiger partial charge in [0, 0.05) is 19.3 Å². The van der Waals surface area contributed by atoms with E-state index in [4.69, 9.17) is 14.2 Å². The van der Waals surface area contributed by atoms with E-state index in [2.05, 4.69) is 62.5 Å². The fraction of sp³-hybridized carbons (Fsp3) is 0.780. The van der Waals surface area contributed by atoms with Gasteiger partial charge in [0.1, 0.15) is 6.61 Å². The highest BCUT2D eigenvalue weighted by Gasteiger charge is 2.31. The van der Waals surface area contributed by atoms with Gasteiger partial charge in [-0.3, -0.25) is 9.59 Å². The van der Waals surface area contributed by atoms with Crippen molar-refractivity contribution in [2.24, 2.45) is 0 Å². The van der Waals surface area contributed by atoms with Gasteiger partial charge in [-0.25, -0.2) is 4.79 Å². The summed E-state index contributed by atoms with van der Waals surface area (Å²) in [6.45, 7) is 4.61. The van der Waals surface area contributed by atoms with Crippen molar-refractivity contribution in [1.82, 2.24) is 0 Å². The molecule has 0 aliphatic carbocycles. The number of ether oxygens (including phenoxy) is 3. The second-order valence-electron chi connectivity index (χ2n) is 17.0. The number of esters is 2. The fourth-order valence-electron chi connectivity index (χ4n) is 6.81. The average molecular weight is 817 g/mol. The number of hydrogen-bond donors (Lipinski definition) is 1. The molecule has 0 fully saturated rings. The minimum atomic E-state index is -0.879. The number of carboxylic acid groups (broad SMARTS) is 1. The molecule has 8 heteroatoms. The highest BCUT2D eigenvalue weighted by atomic mass is 16.6. The van der Waals surface area contributed by atoms with Crippen LogP contribution in [0.1, 0.15) is 200 Å². The van der Waals surface area contributed by atoms with E-state index in [1.54, 1.807) is 0 Å². The molecular formula is C50H90NO7+. The van der Waals surface area contributed by atoms with E-state index in [1.807, 2.05) is 21.1 Å². The lowest BCUT2D eigenvalue weighted by molar-refractivity contribution is -0.887. The number of unbranched alkanes of at least 4 members (excludes halogenated alkanes) is 20. The number of allylic oxidation sites excluding steroid dienone is 8. The minimum Gasteiger partial charge on any atom is -0.477 e. The zero-order valence-corrected chi connectivity index (χ0v) is 38.2. The molecule has 0 aromatic heterocycles. The Hall–Kier alpha value is -2.71. The van der Waals surface area contributed by atoms with Gasteiger partial charge < -0.3 is 23.8 Å². The first-order valence-electron chi connectivity index (χ1n) is 23.7. The van der Waals surface area contributed by atoms with Crippen molar-refractivity contribution in [3.8, 4) is 0 Å². The molecule has 0 saturated heterocycles. The SMILES string of the molecule is CC/C=C/C/C=C/C/C=C/CCCCCCCCC(=O)OC(COCCC(C(=O)O)[N+](C)(C)C)COC(=O)CCCCCCC/C=C/CCCCCCCCCCC. The van der Waals surface area contributed by atoms with Crippen molar-refractivity contribution in [1.29, 1.82) is 0 Å². The van der Waals surface area contributed by atoms with Gasteiger partial charge in [0.25, 0.3) is 0 Å². The molecule has 2 unspecified atom stereocenters. The van der Waals surface area contributed by atoms with E-state index in [1.165, 1.54) is 83.5 Å². The quantitative estimate of drug-likeness (QED) is 0.0283. The van der Waals surface area contributed by atoms with Gasteiger partial charge in [-0.2, -0.15) is 0 Å². The van der Waals surface area contributed by atoms with Crippen LogP contribution in [-0.4, -0.2) is 80.6 Å². The van der Waals surface area contributed by atoms with Gasteiger partial charge in [0.05, 0.1) is 34.4 Å². The summed E-state index contributed by atoms with van der Waals surface area (Å²) in [5, 5.41) is 9.63. The van der Waals surface area contributed by atoms with Crippen molar-refractivity contribution >= 4 is 17.9 Å². The summed E-state index contributed by atoms with van der Waals surface area (Å²) in [5.74, 6) is -1.49. The largest absolute Gasteiger partial charge is 0.477 e. The van der Waals surface area contributed by atoms with E-state index >= 15 is 0 Å². The summed E-state index contributed by atoms with van der Waals surface area (Å²) in [5.41, 5.74) is 0. The molecule has 0 heterocycles. The Labute approximate surface area is 356 Å². The number of nitrogens with zero attached hydrogens (tertiary/aromatic N) is 1. The molecule has 2 atom stereocenters. The number of likely N-dealkylation sites (N-methyl/N-ethyl adjacent to an activating group) is 1. The van der Waals surface area contributed by atoms with E-state index in [0.29, 0.717) is 19.3 Å². The summed E-state index contributed by atoms with van der Waals surface area (Å²) in [6.07, 6.45) is 48.7. The van der Waals surface area contributed by atoms with Crippen molar-refractivity contribution in [3.63, 3.8) is 0 Å². The van der Waals surface area contributed by atoms with Crippen LogP contribution in [0.3, 0.4) is 0 Å². The number of hydrogen-bond acceptors (Lipinski definition) is 6. The molecule has 0 radical (unpaired) electrons. The Morgan fingerprint density at radius 2 is 0.966 bits per heavy atom. The fourth-order valence-corrected chi connectivity index (χ4v) is 6.81. The molecule has 336 valence electrons. The molecule has 0 rings (SSSR count). The molecule has 0 bridgehead atoms. The van der Waals surface area contributed by atoms with Crippen LogP contribution in [-0.2, 0) is 28.6 Å². The molecule has 0 amide bonds. The Morgan fingerprint density at radius 1 is 0.534 bits per heavy atom. The van der Waals surface area contributed by atoms with Gasteiger partial charge >= 0.3 is 17.9 Å². The molecule has 0 spiro atoms. The van der Waals surface area contributed by atoms with Crippen molar-refractivity contribution in [2.75, 3.05) is 41.0 Å². The number of quaternary nitrogens is 1. The molecule has 58 heavy (non-hydrogen) atoms. The van der Waals surface area contributed by atoms with Gasteiger partial charge in [-0.15, -0.1) is 0 Å². The van der Waals surface area contributed by atoms with Gasteiger partial charge in [0.15, 0.2) is 12.1 Å². The third kappa shape index (κ3) is 38.8. The molecule has 1 N–H and O–H groups in total. The maximum Gasteiger partial charge on any atom is 0.362 e. The zero-order chi connectivity index (χ0) is 42.8. The van der Waals surface area contributed by atoms with Crippen LogP contribution in [0.5, 0.6) is 0 Å². The van der Waals surface area contributed by atoms with Gasteiger partial charge in [-0.05, 0) is 70.6 Å². The Kier molecular flexibility index (Phi) is 39.1. The molecule has 8 nitrogen and oxygen atoms in total. The lowest BCUT2D eigenvalue weighted by Crippen LogP contribution is -2.50. The summed E-state index contributed by atoms with van der Waals surface area (Å²) < 4.78 is 17.3. The number of rotatable bonds is 42. The predicted molar refractivity (Wildman–Crippen MR) is 243 cm³/mol. The van der Waals surface area contributed by atoms with Crippen LogP contribution < -0.4 is 0 Å². The van der Waals surface area contributed by atoms with Crippen LogP contribution in [0, 0.1) is 0 Å². The Bertz CT molecular complexity index is 1090. The van der Waals surface area contributed by atoms with E-state index < -0.39 is 18.1 Å². The standard InChI is InChI=1S/C50H89NO7/c1-6-8-10-12-14-16-18-20-22-24-25-27-28-30-32-34-36-38-40-48(52)57-45-46(44-56-43-42-47(50(54)55)51(3,4)5)58-49(53)41-39-37-35-33-31-29-26-23-21-19-17-15-13-11-9-7-2/h9,11,15,17,21,23,25,27,46-47H,6-8,10,12-14,16,18-20,22,24,26,28-45H2,1-5H3/p+1/b11-9+,17-15+,23-21+,27-25+. The van der Waals surface area contributed by atoms with Crippen LogP contribution >= 0.6 is 0 Å². The maximum atomic E-state index is 12.7. The van der Waals surface area contributed by atoms with Crippen molar-refractivity contribution < 1.29 is 38.2 Å². The minimum absolute atomic E-state index is 0.0528. The average Bonchev–Trinajstić information content (AvgIpc) is 3.18. The first kappa shape index (κ1) is 55.3. The predicted octanol–water partition coefficient (Wildman–Crippen LogP) is 13.2. The van der Waals surface area contributed by atoms with Crippen molar-refractivity contribution in [2.45, 2.75) is 212 Å². The normalized spacial score (nSPS) is 13.3. The number of carboxylic acids is 1. The third-order valence-electron chi connectivity index (χ3n) is 10.5. The maximum absolute atomic E-state index is 12.7. The van der Waals surface area contributed by atoms with Gasteiger partial charge in [-0.1, -0.05) is 159 Å². The summed E-state index contributed by atoms with van der Waals surface area (Å²) in [7, 11) is 5.52. The smallest absolute Gasteiger partial charge is 0.362 e. The Balaban J connectivity index is 4.32. The number of aliphatic carboxylic acids is 1. The number of carbonyl (C=O) groups is 3. The first-order chi connectivity index (χ1) is 28.1. The van der Waals surface area contributed by atoms with Crippen LogP contribution in [0.2, 0.25) is 0 Å². The lowest BCUT2D eigenvalue weighted by atomic mass is 10.1. The van der Waals surface area contributed by atoms with E-state index in [0.717, 1.165) is 83.5 Å². The highest BCUT2D eigenvalue weighted by molar-refractivity contribution is 5.72. The Morgan fingerprint density at radius 3 is 1.45 bits per heavy atom. The highest BCUT2D eigenvalue weighted by Crippen LogP contribution is 2.14. The molecule has 0 aromatic carbocycles. The topological polar surface area (TPSA) is 99.1 Å². The second-order valence-corrected chi connectivity index (χ2v) is 17.0. The molecule has 0 aliphatic heterocycles. The van der Waals surface area contributed by atoms with Crippen molar-refractivity contribution in [3.05, 3.63) is 48.6 Å². The first-order valence-corrected chi connectivity index (χ1v) is 23.7. The summed E-state index contributed by atoms with van der Waals surface area (Å²) >= 11 is 0. The van der Waals surface area contributed by atoms with E-state index in [-0.39, 0.29) is 36.2 Å². The monoisotopic (exact) mass is 817 g/mol. The second kappa shape index (κ2) is 41.0. The molecular weight excluding hydrogens is 727 g/mol. The molecule has 0 aromatic rings. The van der Waals surface area contributed by atoms with E-state index in [9.17, 15) is 19.5 Å². The van der Waals surface area contributed by atoms with Crippen LogP contribution in [0.25, 0.3) is 0 Å². The van der Waals surface area contributed by atoms with Gasteiger partial charge in [0.2, 0.25) is 0 Å². The zero-order valence-electron chi connectivity index (χ0n) is 38.2. The van der Waals surface area contributed by atoms with Crippen LogP contribution in [0.4, 0.5) is 0 Å². The molecule has 0 aliphatic rings. The number of carbonyl (C=O) groups excluding carboxylic acids is 2. The summed E-state index contributed by atoms with van der Waals surface area (Å²) in [4.78, 5) is 37.0. The van der Waals surface area contributed by atoms with Crippen LogP contribution in [0.15, 0.2) is 48.6 Å². The lowest BCUT2D eigenvalue weighted by Gasteiger charge is -2.31.